The summed E-state index contributed by atoms with van der Waals surface area (Å²) in [5.41, 5.74) is 0.417. The van der Waals surface area contributed by atoms with Crippen LogP contribution in [0.2, 0.25) is 0 Å². The van der Waals surface area contributed by atoms with Crippen LogP contribution in [0.25, 0.3) is 0 Å². The molecule has 1 heterocycles. The minimum atomic E-state index is -1.08. The number of carboxylic acid groups (broad SMARTS) is 1. The SMILES string of the molecule is CC(C)c1nc(C(=O)Nc2cc(Br)cc(C(=O)O)c2)n[nH]1. The molecule has 0 aliphatic rings. The van der Waals surface area contributed by atoms with E-state index >= 15 is 0 Å². The summed E-state index contributed by atoms with van der Waals surface area (Å²) in [4.78, 5) is 27.1. The first-order valence-electron chi connectivity index (χ1n) is 6.14. The lowest BCUT2D eigenvalue weighted by molar-refractivity contribution is 0.0696. The topological polar surface area (TPSA) is 108 Å². The second kappa shape index (κ2) is 6.04. The molecule has 0 saturated carbocycles. The van der Waals surface area contributed by atoms with Crippen molar-refractivity contribution in [1.29, 1.82) is 0 Å². The molecule has 0 unspecified atom stereocenters. The van der Waals surface area contributed by atoms with E-state index in [0.717, 1.165) is 0 Å². The molecule has 0 fully saturated rings. The number of hydrogen-bond donors (Lipinski definition) is 3. The summed E-state index contributed by atoms with van der Waals surface area (Å²) in [6, 6.07) is 4.41. The number of aromatic carboxylic acids is 1. The van der Waals surface area contributed by atoms with Crippen LogP contribution in [0, 0.1) is 0 Å². The Morgan fingerprint density at radius 3 is 2.62 bits per heavy atom. The minimum absolute atomic E-state index is 0.00977. The van der Waals surface area contributed by atoms with Gasteiger partial charge in [-0.3, -0.25) is 9.89 Å². The number of H-pyrrole nitrogens is 1. The van der Waals surface area contributed by atoms with Crippen molar-refractivity contribution in [2.45, 2.75) is 19.8 Å². The number of rotatable bonds is 4. The van der Waals surface area contributed by atoms with Gasteiger partial charge < -0.3 is 10.4 Å². The van der Waals surface area contributed by atoms with Gasteiger partial charge in [-0.2, -0.15) is 0 Å². The van der Waals surface area contributed by atoms with Gasteiger partial charge in [0.2, 0.25) is 5.82 Å². The number of carboxylic acids is 1. The van der Waals surface area contributed by atoms with Gasteiger partial charge in [-0.15, -0.1) is 5.10 Å². The Bertz CT molecular complexity index is 696. The van der Waals surface area contributed by atoms with Crippen LogP contribution in [0.15, 0.2) is 22.7 Å². The second-order valence-corrected chi connectivity index (χ2v) is 5.60. The molecule has 1 amide bonds. The van der Waals surface area contributed by atoms with E-state index in [-0.39, 0.29) is 17.3 Å². The summed E-state index contributed by atoms with van der Waals surface area (Å²) in [5.74, 6) is -0.834. The van der Waals surface area contributed by atoms with Crippen molar-refractivity contribution in [2.75, 3.05) is 5.32 Å². The number of nitrogens with one attached hydrogen (secondary N) is 2. The smallest absolute Gasteiger partial charge is 0.335 e. The fourth-order valence-corrected chi connectivity index (χ4v) is 2.10. The van der Waals surface area contributed by atoms with Crippen LogP contribution in [0.1, 0.15) is 46.6 Å². The Kier molecular flexibility index (Phi) is 4.37. The Morgan fingerprint density at radius 2 is 2.05 bits per heavy atom. The second-order valence-electron chi connectivity index (χ2n) is 4.69. The first-order valence-corrected chi connectivity index (χ1v) is 6.93. The Balaban J connectivity index is 2.20. The van der Waals surface area contributed by atoms with Gasteiger partial charge >= 0.3 is 5.97 Å². The van der Waals surface area contributed by atoms with Crippen molar-refractivity contribution in [3.63, 3.8) is 0 Å². The Labute approximate surface area is 128 Å². The number of carbonyl (C=O) groups excluding carboxylic acids is 1. The van der Waals surface area contributed by atoms with E-state index in [0.29, 0.717) is 16.0 Å². The highest BCUT2D eigenvalue weighted by atomic mass is 79.9. The van der Waals surface area contributed by atoms with Crippen LogP contribution in [0.3, 0.4) is 0 Å². The minimum Gasteiger partial charge on any atom is -0.478 e. The molecular formula is C13H13BrN4O3. The molecule has 2 aromatic rings. The van der Waals surface area contributed by atoms with Crippen molar-refractivity contribution in [3.8, 4) is 0 Å². The van der Waals surface area contributed by atoms with Gasteiger partial charge in [-0.25, -0.2) is 9.78 Å². The molecule has 3 N–H and O–H groups in total. The van der Waals surface area contributed by atoms with Gasteiger partial charge in [0.05, 0.1) is 5.56 Å². The summed E-state index contributed by atoms with van der Waals surface area (Å²) < 4.78 is 0.551. The molecule has 0 radical (unpaired) electrons. The third-order valence-electron chi connectivity index (χ3n) is 2.66. The molecule has 0 atom stereocenters. The maximum atomic E-state index is 12.0. The predicted octanol–water partition coefficient (Wildman–Crippen LogP) is 2.64. The predicted molar refractivity (Wildman–Crippen MR) is 79.5 cm³/mol. The van der Waals surface area contributed by atoms with Gasteiger partial charge in [0.1, 0.15) is 5.82 Å². The number of benzene rings is 1. The van der Waals surface area contributed by atoms with Crippen LogP contribution in [0.5, 0.6) is 0 Å². The third kappa shape index (κ3) is 3.66. The highest BCUT2D eigenvalue weighted by molar-refractivity contribution is 9.10. The number of halogens is 1. The number of anilines is 1. The molecule has 0 aliphatic heterocycles. The number of aromatic amines is 1. The van der Waals surface area contributed by atoms with Crippen LogP contribution in [-0.2, 0) is 0 Å². The van der Waals surface area contributed by atoms with E-state index in [1.807, 2.05) is 13.8 Å². The molecule has 0 aliphatic carbocycles. The van der Waals surface area contributed by atoms with Crippen molar-refractivity contribution in [1.82, 2.24) is 15.2 Å². The summed E-state index contributed by atoms with van der Waals surface area (Å²) >= 11 is 3.20. The molecule has 8 heteroatoms. The lowest BCUT2D eigenvalue weighted by atomic mass is 10.2. The lowest BCUT2D eigenvalue weighted by Gasteiger charge is -2.05. The zero-order chi connectivity index (χ0) is 15.6. The lowest BCUT2D eigenvalue weighted by Crippen LogP contribution is -2.14. The molecular weight excluding hydrogens is 340 g/mol. The largest absolute Gasteiger partial charge is 0.478 e. The fraction of sp³-hybridized carbons (Fsp3) is 0.231. The van der Waals surface area contributed by atoms with E-state index in [2.05, 4.69) is 36.4 Å². The van der Waals surface area contributed by atoms with Crippen LogP contribution in [-0.4, -0.2) is 32.2 Å². The monoisotopic (exact) mass is 352 g/mol. The molecule has 1 aromatic carbocycles. The zero-order valence-electron chi connectivity index (χ0n) is 11.3. The molecule has 110 valence electrons. The fourth-order valence-electron chi connectivity index (χ4n) is 1.61. The van der Waals surface area contributed by atoms with Crippen molar-refractivity contribution >= 4 is 33.5 Å². The summed E-state index contributed by atoms with van der Waals surface area (Å²) in [6.45, 7) is 3.85. The van der Waals surface area contributed by atoms with Crippen LogP contribution in [0.4, 0.5) is 5.69 Å². The standard InChI is InChI=1S/C13H13BrN4O3/c1-6(2)10-16-11(18-17-10)12(19)15-9-4-7(13(20)21)3-8(14)5-9/h3-6H,1-2H3,(H,15,19)(H,20,21)(H,16,17,18). The van der Waals surface area contributed by atoms with Crippen LogP contribution >= 0.6 is 15.9 Å². The van der Waals surface area contributed by atoms with E-state index in [1.165, 1.54) is 12.1 Å². The maximum Gasteiger partial charge on any atom is 0.335 e. The van der Waals surface area contributed by atoms with Gasteiger partial charge in [-0.1, -0.05) is 29.8 Å². The van der Waals surface area contributed by atoms with Gasteiger partial charge in [0, 0.05) is 16.1 Å². The third-order valence-corrected chi connectivity index (χ3v) is 3.11. The summed E-state index contributed by atoms with van der Waals surface area (Å²) in [7, 11) is 0. The number of amides is 1. The molecule has 2 rings (SSSR count). The summed E-state index contributed by atoms with van der Waals surface area (Å²) in [6.07, 6.45) is 0. The number of hydrogen-bond acceptors (Lipinski definition) is 4. The highest BCUT2D eigenvalue weighted by Gasteiger charge is 2.15. The quantitative estimate of drug-likeness (QED) is 0.783. The van der Waals surface area contributed by atoms with Crippen molar-refractivity contribution in [3.05, 3.63) is 39.9 Å². The number of aromatic nitrogens is 3. The molecule has 1 aromatic heterocycles. The molecule has 0 saturated heterocycles. The van der Waals surface area contributed by atoms with Crippen molar-refractivity contribution in [2.24, 2.45) is 0 Å². The average molecular weight is 353 g/mol. The van der Waals surface area contributed by atoms with Gasteiger partial charge in [0.25, 0.3) is 5.91 Å². The first kappa shape index (κ1) is 15.2. The summed E-state index contributed by atoms with van der Waals surface area (Å²) in [5, 5.41) is 18.1. The van der Waals surface area contributed by atoms with E-state index < -0.39 is 11.9 Å². The Morgan fingerprint density at radius 1 is 1.33 bits per heavy atom. The van der Waals surface area contributed by atoms with Gasteiger partial charge in [0.15, 0.2) is 0 Å². The van der Waals surface area contributed by atoms with E-state index in [1.54, 1.807) is 6.07 Å². The molecule has 0 spiro atoms. The van der Waals surface area contributed by atoms with E-state index in [9.17, 15) is 9.59 Å². The normalized spacial score (nSPS) is 10.7. The number of carbonyl (C=O) groups is 2. The average Bonchev–Trinajstić information content (AvgIpc) is 2.87. The highest BCUT2D eigenvalue weighted by Crippen LogP contribution is 2.20. The maximum absolute atomic E-state index is 12.0. The Hall–Kier alpha value is -2.22. The van der Waals surface area contributed by atoms with E-state index in [4.69, 9.17) is 5.11 Å². The van der Waals surface area contributed by atoms with Crippen molar-refractivity contribution < 1.29 is 14.7 Å². The van der Waals surface area contributed by atoms with Gasteiger partial charge in [-0.05, 0) is 18.2 Å². The zero-order valence-corrected chi connectivity index (χ0v) is 12.9. The molecule has 21 heavy (non-hydrogen) atoms. The van der Waals surface area contributed by atoms with Crippen LogP contribution < -0.4 is 5.32 Å². The first-order chi connectivity index (χ1) is 9.86. The molecule has 7 nitrogen and oxygen atoms in total. The molecule has 0 bridgehead atoms. The number of nitrogens with zero attached hydrogens (tertiary/aromatic N) is 2.